The van der Waals surface area contributed by atoms with Crippen LogP contribution >= 0.6 is 0 Å². The van der Waals surface area contributed by atoms with E-state index in [1.165, 1.54) is 0 Å². The number of carbonyl (C=O) groups excluding carboxylic acids is 1. The summed E-state index contributed by atoms with van der Waals surface area (Å²) in [6.45, 7) is 3.99. The number of hydrogen-bond donors (Lipinski definition) is 3. The van der Waals surface area contributed by atoms with Crippen LogP contribution < -0.4 is 16.4 Å². The molecule has 7 nitrogen and oxygen atoms in total. The van der Waals surface area contributed by atoms with Gasteiger partial charge >= 0.3 is 11.1 Å². The second-order valence-corrected chi connectivity index (χ2v) is 6.21. The van der Waals surface area contributed by atoms with Crippen molar-refractivity contribution in [3.05, 3.63) is 74.0 Å². The van der Waals surface area contributed by atoms with Gasteiger partial charge in [-0.2, -0.15) is 0 Å². The van der Waals surface area contributed by atoms with Gasteiger partial charge in [-0.25, -0.2) is 0 Å². The first kappa shape index (κ1) is 15.9. The molecule has 0 aliphatic rings. The van der Waals surface area contributed by atoms with Gasteiger partial charge in [-0.05, 0) is 61.4 Å². The van der Waals surface area contributed by atoms with E-state index < -0.39 is 17.0 Å². The molecule has 130 valence electrons. The van der Waals surface area contributed by atoms with Crippen molar-refractivity contribution in [2.75, 3.05) is 5.32 Å². The summed E-state index contributed by atoms with van der Waals surface area (Å²) in [6, 6.07) is 10.4. The summed E-state index contributed by atoms with van der Waals surface area (Å²) in [4.78, 5) is 40.2. The Labute approximate surface area is 146 Å². The molecule has 0 saturated carbocycles. The second-order valence-electron chi connectivity index (χ2n) is 6.21. The van der Waals surface area contributed by atoms with Crippen LogP contribution in [0.5, 0.6) is 0 Å². The van der Waals surface area contributed by atoms with Crippen LogP contribution in [-0.2, 0) is 0 Å². The van der Waals surface area contributed by atoms with Gasteiger partial charge in [0.25, 0.3) is 5.91 Å². The van der Waals surface area contributed by atoms with Gasteiger partial charge in [0.1, 0.15) is 5.58 Å². The number of H-pyrrole nitrogens is 2. The summed E-state index contributed by atoms with van der Waals surface area (Å²) >= 11 is 0. The number of rotatable bonds is 2. The zero-order chi connectivity index (χ0) is 18.4. The number of benzene rings is 2. The van der Waals surface area contributed by atoms with Crippen molar-refractivity contribution in [3.8, 4) is 0 Å². The minimum Gasteiger partial charge on any atom is -0.451 e. The van der Waals surface area contributed by atoms with E-state index in [4.69, 9.17) is 4.42 Å². The van der Waals surface area contributed by atoms with Gasteiger partial charge < -0.3 is 19.7 Å². The molecule has 1 amide bonds. The van der Waals surface area contributed by atoms with Crippen LogP contribution in [0.4, 0.5) is 5.69 Å². The van der Waals surface area contributed by atoms with Crippen LogP contribution in [0.3, 0.4) is 0 Å². The van der Waals surface area contributed by atoms with Gasteiger partial charge in [0.05, 0.1) is 11.0 Å². The van der Waals surface area contributed by atoms with E-state index in [-0.39, 0.29) is 5.76 Å². The molecular formula is C19H15N3O4. The van der Waals surface area contributed by atoms with Crippen LogP contribution in [0.1, 0.15) is 21.7 Å². The molecule has 0 saturated heterocycles. The monoisotopic (exact) mass is 349 g/mol. The number of amides is 1. The number of carbonyl (C=O) groups is 1. The van der Waals surface area contributed by atoms with E-state index in [9.17, 15) is 14.4 Å². The molecule has 3 N–H and O–H groups in total. The standard InChI is InChI=1S/C19H15N3O4/c1-9-5-11-7-16(26-15(11)6-10(9)2)17(23)20-12-3-4-13-14(8-12)22-19(25)18(24)21-13/h3-8H,1-2H3,(H,20,23)(H,21,24)(H,22,25). The van der Waals surface area contributed by atoms with Crippen molar-refractivity contribution < 1.29 is 9.21 Å². The Hall–Kier alpha value is -3.61. The van der Waals surface area contributed by atoms with Crippen LogP contribution in [0.2, 0.25) is 0 Å². The summed E-state index contributed by atoms with van der Waals surface area (Å²) in [5.74, 6) is -0.206. The maximum Gasteiger partial charge on any atom is 0.314 e. The third-order valence-corrected chi connectivity index (χ3v) is 4.34. The number of aromatic amines is 2. The molecule has 0 aliphatic carbocycles. The lowest BCUT2D eigenvalue weighted by atomic mass is 10.1. The first-order valence-electron chi connectivity index (χ1n) is 7.99. The molecule has 2 heterocycles. The molecule has 0 unspecified atom stereocenters. The fraction of sp³-hybridized carbons (Fsp3) is 0.105. The maximum atomic E-state index is 12.5. The van der Waals surface area contributed by atoms with Crippen molar-refractivity contribution >= 4 is 33.6 Å². The molecule has 0 bridgehead atoms. The molecular weight excluding hydrogens is 334 g/mol. The van der Waals surface area contributed by atoms with Crippen molar-refractivity contribution in [1.82, 2.24) is 9.97 Å². The summed E-state index contributed by atoms with van der Waals surface area (Å²) in [5, 5.41) is 3.59. The Bertz CT molecular complexity index is 1250. The van der Waals surface area contributed by atoms with E-state index in [1.807, 2.05) is 26.0 Å². The normalized spacial score (nSPS) is 11.2. The van der Waals surface area contributed by atoms with E-state index >= 15 is 0 Å². The van der Waals surface area contributed by atoms with Crippen LogP contribution in [0.25, 0.3) is 22.0 Å². The second kappa shape index (κ2) is 5.73. The smallest absolute Gasteiger partial charge is 0.314 e. The Balaban J connectivity index is 1.67. The number of aromatic nitrogens is 2. The molecule has 4 aromatic rings. The number of hydrogen-bond acceptors (Lipinski definition) is 4. The number of nitrogens with one attached hydrogen (secondary N) is 3. The minimum absolute atomic E-state index is 0.194. The van der Waals surface area contributed by atoms with Gasteiger partial charge in [0.2, 0.25) is 0 Å². The largest absolute Gasteiger partial charge is 0.451 e. The molecule has 0 spiro atoms. The Morgan fingerprint density at radius 3 is 2.38 bits per heavy atom. The molecule has 0 fully saturated rings. The summed E-state index contributed by atoms with van der Waals surface area (Å²) in [5.41, 5.74) is 2.76. The fourth-order valence-electron chi connectivity index (χ4n) is 2.80. The average molecular weight is 349 g/mol. The predicted octanol–water partition coefficient (Wildman–Crippen LogP) is 2.83. The number of furan rings is 1. The molecule has 2 aromatic carbocycles. The Morgan fingerprint density at radius 1 is 0.923 bits per heavy atom. The number of aryl methyl sites for hydroxylation is 2. The number of anilines is 1. The summed E-state index contributed by atoms with van der Waals surface area (Å²) in [7, 11) is 0. The lowest BCUT2D eigenvalue weighted by Gasteiger charge is -2.04. The molecule has 26 heavy (non-hydrogen) atoms. The molecule has 0 aliphatic heterocycles. The molecule has 0 atom stereocenters. The average Bonchev–Trinajstić information content (AvgIpc) is 2.99. The van der Waals surface area contributed by atoms with E-state index in [2.05, 4.69) is 15.3 Å². The summed E-state index contributed by atoms with van der Waals surface area (Å²) in [6.07, 6.45) is 0. The van der Waals surface area contributed by atoms with Crippen LogP contribution in [0, 0.1) is 13.8 Å². The lowest BCUT2D eigenvalue weighted by Crippen LogP contribution is -2.28. The molecule has 0 radical (unpaired) electrons. The Morgan fingerprint density at radius 2 is 1.62 bits per heavy atom. The van der Waals surface area contributed by atoms with Gasteiger partial charge in [-0.3, -0.25) is 14.4 Å². The molecule has 2 aromatic heterocycles. The van der Waals surface area contributed by atoms with Crippen molar-refractivity contribution in [3.63, 3.8) is 0 Å². The first-order chi connectivity index (χ1) is 12.4. The van der Waals surface area contributed by atoms with E-state index in [0.29, 0.717) is 22.3 Å². The van der Waals surface area contributed by atoms with Gasteiger partial charge in [-0.15, -0.1) is 0 Å². The Kier molecular flexibility index (Phi) is 3.50. The topological polar surface area (TPSA) is 108 Å². The number of fused-ring (bicyclic) bond motifs is 2. The first-order valence-corrected chi connectivity index (χ1v) is 7.99. The van der Waals surface area contributed by atoms with Crippen molar-refractivity contribution in [1.29, 1.82) is 0 Å². The van der Waals surface area contributed by atoms with Gasteiger partial charge in [0.15, 0.2) is 5.76 Å². The van der Waals surface area contributed by atoms with Crippen LogP contribution in [0.15, 0.2) is 50.4 Å². The highest BCUT2D eigenvalue weighted by Gasteiger charge is 2.14. The third kappa shape index (κ3) is 2.69. The van der Waals surface area contributed by atoms with E-state index in [0.717, 1.165) is 16.5 Å². The minimum atomic E-state index is -0.746. The SMILES string of the molecule is Cc1cc2cc(C(=O)Nc3ccc4[nH]c(=O)c(=O)[nH]c4c3)oc2cc1C. The lowest BCUT2D eigenvalue weighted by molar-refractivity contribution is 0.0998. The fourth-order valence-corrected chi connectivity index (χ4v) is 2.80. The molecule has 4 rings (SSSR count). The highest BCUT2D eigenvalue weighted by Crippen LogP contribution is 2.24. The van der Waals surface area contributed by atoms with E-state index in [1.54, 1.807) is 24.3 Å². The van der Waals surface area contributed by atoms with Crippen LogP contribution in [-0.4, -0.2) is 15.9 Å². The highest BCUT2D eigenvalue weighted by molar-refractivity contribution is 6.05. The van der Waals surface area contributed by atoms with Gasteiger partial charge in [0, 0.05) is 11.1 Å². The predicted molar refractivity (Wildman–Crippen MR) is 98.8 cm³/mol. The zero-order valence-electron chi connectivity index (χ0n) is 14.1. The van der Waals surface area contributed by atoms with Crippen molar-refractivity contribution in [2.45, 2.75) is 13.8 Å². The third-order valence-electron chi connectivity index (χ3n) is 4.34. The van der Waals surface area contributed by atoms with Gasteiger partial charge in [-0.1, -0.05) is 0 Å². The summed E-state index contributed by atoms with van der Waals surface area (Å²) < 4.78 is 5.64. The van der Waals surface area contributed by atoms with Crippen molar-refractivity contribution in [2.24, 2.45) is 0 Å². The molecule has 7 heteroatoms. The maximum absolute atomic E-state index is 12.5. The quantitative estimate of drug-likeness (QED) is 0.484. The highest BCUT2D eigenvalue weighted by atomic mass is 16.3. The zero-order valence-corrected chi connectivity index (χ0v) is 14.1.